The van der Waals surface area contributed by atoms with Gasteiger partial charge in [-0.3, -0.25) is 4.79 Å². The van der Waals surface area contributed by atoms with E-state index in [4.69, 9.17) is 13.9 Å². The van der Waals surface area contributed by atoms with Crippen LogP contribution in [0.1, 0.15) is 47.1 Å². The van der Waals surface area contributed by atoms with E-state index in [9.17, 15) is 4.79 Å². The molecule has 0 saturated heterocycles. The number of rotatable bonds is 10. The molecule has 0 aliphatic rings. The molecule has 158 valence electrons. The molecule has 2 aromatic carbocycles. The minimum Gasteiger partial charge on any atom is -0.490 e. The summed E-state index contributed by atoms with van der Waals surface area (Å²) in [6.07, 6.45) is 1.13. The predicted octanol–water partition coefficient (Wildman–Crippen LogP) is 3.74. The van der Waals surface area contributed by atoms with Crippen molar-refractivity contribution in [3.05, 3.63) is 70.9 Å². The van der Waals surface area contributed by atoms with Crippen LogP contribution in [0.3, 0.4) is 0 Å². The Bertz CT molecular complexity index is 967. The Hall–Kier alpha value is -3.35. The van der Waals surface area contributed by atoms with Crippen LogP contribution in [0.25, 0.3) is 0 Å². The number of aryl methyl sites for hydroxylation is 1. The van der Waals surface area contributed by atoms with E-state index in [0.717, 1.165) is 16.9 Å². The first-order valence-electron chi connectivity index (χ1n) is 10.1. The Morgan fingerprint density at radius 1 is 0.967 bits per heavy atom. The van der Waals surface area contributed by atoms with Gasteiger partial charge in [0.25, 0.3) is 0 Å². The molecule has 0 aliphatic carbocycles. The van der Waals surface area contributed by atoms with Crippen LogP contribution in [0.5, 0.6) is 11.5 Å². The van der Waals surface area contributed by atoms with Gasteiger partial charge in [-0.25, -0.2) is 0 Å². The summed E-state index contributed by atoms with van der Waals surface area (Å²) in [5.74, 6) is 1.43. The minimum absolute atomic E-state index is 0.0289. The highest BCUT2D eigenvalue weighted by atomic mass is 16.5. The molecule has 3 aromatic rings. The predicted molar refractivity (Wildman–Crippen MR) is 113 cm³/mol. The number of benzene rings is 2. The summed E-state index contributed by atoms with van der Waals surface area (Å²) in [4.78, 5) is 12.3. The number of aromatic nitrogens is 2. The van der Waals surface area contributed by atoms with Gasteiger partial charge in [0, 0.05) is 6.54 Å². The van der Waals surface area contributed by atoms with Crippen molar-refractivity contribution in [3.8, 4) is 11.5 Å². The average Bonchev–Trinajstić information content (AvgIpc) is 3.20. The summed E-state index contributed by atoms with van der Waals surface area (Å²) >= 11 is 0. The second kappa shape index (κ2) is 10.4. The van der Waals surface area contributed by atoms with Crippen LogP contribution in [0.2, 0.25) is 0 Å². The molecule has 1 heterocycles. The van der Waals surface area contributed by atoms with E-state index >= 15 is 0 Å². The summed E-state index contributed by atoms with van der Waals surface area (Å²) < 4.78 is 16.7. The number of nitrogens with zero attached hydrogens (tertiary/aromatic N) is 2. The SMILES string of the molecule is CCOc1ccc(CCNC(=O)c2nnc(Cc3ccc(C)cc3)o2)cc1OCC. The quantitative estimate of drug-likeness (QED) is 0.549. The standard InChI is InChI=1S/C23H27N3O4/c1-4-28-19-11-10-18(14-20(19)29-5-2)12-13-24-22(27)23-26-25-21(30-23)15-17-8-6-16(3)7-9-17/h6-11,14H,4-5,12-13,15H2,1-3H3,(H,24,27). The molecule has 0 fully saturated rings. The van der Waals surface area contributed by atoms with Gasteiger partial charge in [-0.2, -0.15) is 0 Å². The van der Waals surface area contributed by atoms with E-state index in [1.54, 1.807) is 0 Å². The number of hydrogen-bond donors (Lipinski definition) is 1. The number of hydrogen-bond acceptors (Lipinski definition) is 6. The lowest BCUT2D eigenvalue weighted by Gasteiger charge is -2.12. The molecule has 1 aromatic heterocycles. The fraction of sp³-hybridized carbons (Fsp3) is 0.348. The lowest BCUT2D eigenvalue weighted by atomic mass is 10.1. The second-order valence-electron chi connectivity index (χ2n) is 6.82. The maximum absolute atomic E-state index is 12.3. The zero-order valence-electron chi connectivity index (χ0n) is 17.6. The van der Waals surface area contributed by atoms with Gasteiger partial charge < -0.3 is 19.2 Å². The molecule has 3 rings (SSSR count). The molecule has 0 bridgehead atoms. The van der Waals surface area contributed by atoms with Gasteiger partial charge in [0.2, 0.25) is 5.89 Å². The van der Waals surface area contributed by atoms with Crippen molar-refractivity contribution in [1.29, 1.82) is 0 Å². The molecule has 0 aliphatic heterocycles. The van der Waals surface area contributed by atoms with Crippen LogP contribution in [-0.4, -0.2) is 35.9 Å². The van der Waals surface area contributed by atoms with Crippen LogP contribution < -0.4 is 14.8 Å². The van der Waals surface area contributed by atoms with Gasteiger partial charge in [0.15, 0.2) is 11.5 Å². The van der Waals surface area contributed by atoms with E-state index in [1.807, 2.05) is 63.2 Å². The first-order valence-corrected chi connectivity index (χ1v) is 10.1. The van der Waals surface area contributed by atoms with Crippen LogP contribution in [0, 0.1) is 6.92 Å². The Morgan fingerprint density at radius 3 is 2.40 bits per heavy atom. The summed E-state index contributed by atoms with van der Waals surface area (Å²) in [5, 5.41) is 10.6. The van der Waals surface area contributed by atoms with Gasteiger partial charge in [-0.05, 0) is 50.5 Å². The highest BCUT2D eigenvalue weighted by molar-refractivity contribution is 5.89. The molecular formula is C23H27N3O4. The third-order valence-corrected chi connectivity index (χ3v) is 4.44. The molecular weight excluding hydrogens is 382 g/mol. The minimum atomic E-state index is -0.381. The molecule has 1 N–H and O–H groups in total. The third-order valence-electron chi connectivity index (χ3n) is 4.44. The summed E-state index contributed by atoms with van der Waals surface area (Å²) in [6.45, 7) is 7.47. The first-order chi connectivity index (χ1) is 14.6. The second-order valence-corrected chi connectivity index (χ2v) is 6.82. The van der Waals surface area contributed by atoms with Gasteiger partial charge in [-0.1, -0.05) is 35.9 Å². The fourth-order valence-electron chi connectivity index (χ4n) is 2.94. The number of nitrogens with one attached hydrogen (secondary N) is 1. The van der Waals surface area contributed by atoms with Gasteiger partial charge in [0.1, 0.15) is 0 Å². The van der Waals surface area contributed by atoms with E-state index in [1.165, 1.54) is 5.56 Å². The lowest BCUT2D eigenvalue weighted by Crippen LogP contribution is -2.26. The molecule has 0 unspecified atom stereocenters. The number of amides is 1. The van der Waals surface area contributed by atoms with Crippen molar-refractivity contribution in [3.63, 3.8) is 0 Å². The molecule has 0 radical (unpaired) electrons. The topological polar surface area (TPSA) is 86.5 Å². The summed E-state index contributed by atoms with van der Waals surface area (Å²) in [7, 11) is 0. The number of ether oxygens (including phenoxy) is 2. The van der Waals surface area contributed by atoms with Crippen LogP contribution in [-0.2, 0) is 12.8 Å². The molecule has 0 atom stereocenters. The summed E-state index contributed by atoms with van der Waals surface area (Å²) in [5.41, 5.74) is 3.27. The van der Waals surface area contributed by atoms with Gasteiger partial charge in [0.05, 0.1) is 19.6 Å². The van der Waals surface area contributed by atoms with E-state index < -0.39 is 0 Å². The average molecular weight is 409 g/mol. The Morgan fingerprint density at radius 2 is 1.67 bits per heavy atom. The van der Waals surface area contributed by atoms with Crippen molar-refractivity contribution in [2.24, 2.45) is 0 Å². The van der Waals surface area contributed by atoms with Crippen LogP contribution in [0.15, 0.2) is 46.9 Å². The van der Waals surface area contributed by atoms with E-state index in [0.29, 0.717) is 44.2 Å². The zero-order valence-corrected chi connectivity index (χ0v) is 17.6. The maximum atomic E-state index is 12.3. The van der Waals surface area contributed by atoms with Crippen molar-refractivity contribution >= 4 is 5.91 Å². The van der Waals surface area contributed by atoms with Crippen molar-refractivity contribution in [1.82, 2.24) is 15.5 Å². The van der Waals surface area contributed by atoms with Crippen molar-refractivity contribution in [2.45, 2.75) is 33.6 Å². The Kier molecular flexibility index (Phi) is 7.43. The molecule has 30 heavy (non-hydrogen) atoms. The Balaban J connectivity index is 1.53. The Labute approximate surface area is 176 Å². The largest absolute Gasteiger partial charge is 0.490 e. The first kappa shape index (κ1) is 21.4. The monoisotopic (exact) mass is 409 g/mol. The van der Waals surface area contributed by atoms with Gasteiger partial charge in [-0.15, -0.1) is 10.2 Å². The maximum Gasteiger partial charge on any atom is 0.308 e. The van der Waals surface area contributed by atoms with E-state index in [-0.39, 0.29) is 11.8 Å². The van der Waals surface area contributed by atoms with Crippen molar-refractivity contribution < 1.29 is 18.7 Å². The highest BCUT2D eigenvalue weighted by Crippen LogP contribution is 2.28. The molecule has 1 amide bonds. The van der Waals surface area contributed by atoms with E-state index in [2.05, 4.69) is 15.5 Å². The summed E-state index contributed by atoms with van der Waals surface area (Å²) in [6, 6.07) is 13.9. The van der Waals surface area contributed by atoms with Crippen molar-refractivity contribution in [2.75, 3.05) is 19.8 Å². The lowest BCUT2D eigenvalue weighted by molar-refractivity contribution is 0.0918. The van der Waals surface area contributed by atoms with Gasteiger partial charge >= 0.3 is 11.8 Å². The smallest absolute Gasteiger partial charge is 0.308 e. The third kappa shape index (κ3) is 5.83. The number of carbonyl (C=O) groups excluding carboxylic acids is 1. The molecule has 0 saturated carbocycles. The molecule has 7 nitrogen and oxygen atoms in total. The molecule has 0 spiro atoms. The fourth-order valence-corrected chi connectivity index (χ4v) is 2.94. The highest BCUT2D eigenvalue weighted by Gasteiger charge is 2.15. The van der Waals surface area contributed by atoms with Crippen LogP contribution >= 0.6 is 0 Å². The normalized spacial score (nSPS) is 10.6. The van der Waals surface area contributed by atoms with Crippen LogP contribution in [0.4, 0.5) is 0 Å². The zero-order chi connectivity index (χ0) is 21.3. The number of carbonyl (C=O) groups is 1. The molecule has 7 heteroatoms.